The molecule has 0 amide bonds. The minimum Gasteiger partial charge on any atom is -0.493 e. The number of aliphatic carboxylic acids is 1. The van der Waals surface area contributed by atoms with Crippen molar-refractivity contribution in [3.8, 4) is 17.2 Å². The van der Waals surface area contributed by atoms with Crippen LogP contribution in [0.3, 0.4) is 0 Å². The van der Waals surface area contributed by atoms with Gasteiger partial charge in [-0.15, -0.1) is 0 Å². The Balaban J connectivity index is 3.20. The topological polar surface area (TPSA) is 77.0 Å². The monoisotopic (exact) mass is 269 g/mol. The number of rotatable bonds is 6. The lowest BCUT2D eigenvalue weighted by atomic mass is 10.1. The zero-order valence-corrected chi connectivity index (χ0v) is 11.7. The third-order valence-electron chi connectivity index (χ3n) is 2.66. The first-order chi connectivity index (χ1) is 8.85. The third-order valence-corrected chi connectivity index (χ3v) is 2.66. The number of ether oxygens (including phenoxy) is 3. The number of benzene rings is 1. The molecule has 0 radical (unpaired) electrons. The average molecular weight is 269 g/mol. The highest BCUT2D eigenvalue weighted by Crippen LogP contribution is 2.40. The Hall–Kier alpha value is -2.11. The van der Waals surface area contributed by atoms with Gasteiger partial charge in [-0.05, 0) is 13.8 Å². The minimum absolute atomic E-state index is 0.462. The maximum Gasteiger partial charge on any atom is 0.328 e. The summed E-state index contributed by atoms with van der Waals surface area (Å²) in [5.41, 5.74) is -0.535. The molecule has 0 fully saturated rings. The van der Waals surface area contributed by atoms with Crippen LogP contribution in [0.25, 0.3) is 0 Å². The van der Waals surface area contributed by atoms with E-state index in [9.17, 15) is 4.79 Å². The molecule has 0 unspecified atom stereocenters. The SMILES string of the molecule is COc1cc(NC(C)(C)C(=O)O)cc(OC)c1OC. The molecule has 19 heavy (non-hydrogen) atoms. The van der Waals surface area contributed by atoms with Crippen LogP contribution >= 0.6 is 0 Å². The molecule has 106 valence electrons. The number of hydrogen-bond acceptors (Lipinski definition) is 5. The first-order valence-electron chi connectivity index (χ1n) is 5.67. The van der Waals surface area contributed by atoms with Crippen LogP contribution in [-0.4, -0.2) is 37.9 Å². The smallest absolute Gasteiger partial charge is 0.328 e. The molecule has 0 bridgehead atoms. The molecule has 0 aliphatic carbocycles. The predicted molar refractivity (Wildman–Crippen MR) is 71.4 cm³/mol. The van der Waals surface area contributed by atoms with E-state index in [1.165, 1.54) is 21.3 Å². The van der Waals surface area contributed by atoms with E-state index in [2.05, 4.69) is 5.32 Å². The number of carbonyl (C=O) groups is 1. The van der Waals surface area contributed by atoms with Crippen LogP contribution in [0.15, 0.2) is 12.1 Å². The van der Waals surface area contributed by atoms with E-state index in [-0.39, 0.29) is 0 Å². The van der Waals surface area contributed by atoms with E-state index in [4.69, 9.17) is 19.3 Å². The van der Waals surface area contributed by atoms with Gasteiger partial charge in [0.2, 0.25) is 5.75 Å². The summed E-state index contributed by atoms with van der Waals surface area (Å²) in [5.74, 6) is 0.431. The second-order valence-corrected chi connectivity index (χ2v) is 4.47. The molecule has 0 heterocycles. The molecule has 0 saturated carbocycles. The summed E-state index contributed by atoms with van der Waals surface area (Å²) in [4.78, 5) is 11.1. The van der Waals surface area contributed by atoms with Crippen molar-refractivity contribution in [2.24, 2.45) is 0 Å². The molecule has 1 aromatic carbocycles. The average Bonchev–Trinajstić information content (AvgIpc) is 2.36. The van der Waals surface area contributed by atoms with Crippen LogP contribution in [0.1, 0.15) is 13.8 Å². The molecule has 1 aromatic rings. The maximum absolute atomic E-state index is 11.1. The number of nitrogens with one attached hydrogen (secondary N) is 1. The number of anilines is 1. The van der Waals surface area contributed by atoms with Crippen LogP contribution in [0.5, 0.6) is 17.2 Å². The summed E-state index contributed by atoms with van der Waals surface area (Å²) in [6.07, 6.45) is 0. The molecular weight excluding hydrogens is 250 g/mol. The Morgan fingerprint density at radius 3 is 1.89 bits per heavy atom. The van der Waals surface area contributed by atoms with E-state index in [0.717, 1.165) is 0 Å². The zero-order valence-electron chi connectivity index (χ0n) is 11.7. The summed E-state index contributed by atoms with van der Waals surface area (Å²) < 4.78 is 15.6. The highest BCUT2D eigenvalue weighted by atomic mass is 16.5. The van der Waals surface area contributed by atoms with Gasteiger partial charge in [-0.1, -0.05) is 0 Å². The van der Waals surface area contributed by atoms with Gasteiger partial charge in [0.05, 0.1) is 21.3 Å². The Kier molecular flexibility index (Phi) is 4.47. The van der Waals surface area contributed by atoms with Crippen LogP contribution < -0.4 is 19.5 Å². The second-order valence-electron chi connectivity index (χ2n) is 4.47. The van der Waals surface area contributed by atoms with Gasteiger partial charge in [0.25, 0.3) is 0 Å². The molecule has 0 saturated heterocycles. The van der Waals surface area contributed by atoms with Gasteiger partial charge in [-0.25, -0.2) is 4.79 Å². The van der Waals surface area contributed by atoms with Crippen LogP contribution in [-0.2, 0) is 4.79 Å². The highest BCUT2D eigenvalue weighted by Gasteiger charge is 2.27. The molecule has 6 heteroatoms. The fourth-order valence-electron chi connectivity index (χ4n) is 1.57. The molecule has 0 atom stereocenters. The largest absolute Gasteiger partial charge is 0.493 e. The van der Waals surface area contributed by atoms with Crippen LogP contribution in [0, 0.1) is 0 Å². The fourth-order valence-corrected chi connectivity index (χ4v) is 1.57. The van der Waals surface area contributed by atoms with E-state index in [1.807, 2.05) is 0 Å². The summed E-state index contributed by atoms with van der Waals surface area (Å²) in [6, 6.07) is 3.32. The van der Waals surface area contributed by atoms with Gasteiger partial charge < -0.3 is 24.6 Å². The van der Waals surface area contributed by atoms with Gasteiger partial charge in [-0.3, -0.25) is 0 Å². The lowest BCUT2D eigenvalue weighted by Crippen LogP contribution is -2.39. The highest BCUT2D eigenvalue weighted by molar-refractivity contribution is 5.82. The standard InChI is InChI=1S/C13H19NO5/c1-13(2,12(15)16)14-8-6-9(17-3)11(19-5)10(7-8)18-4/h6-7,14H,1-5H3,(H,15,16). The normalized spacial score (nSPS) is 10.8. The van der Waals surface area contributed by atoms with Gasteiger partial charge in [-0.2, -0.15) is 0 Å². The molecule has 6 nitrogen and oxygen atoms in total. The number of carboxylic acid groups (broad SMARTS) is 1. The van der Waals surface area contributed by atoms with Crippen molar-refractivity contribution in [2.75, 3.05) is 26.6 Å². The molecule has 0 aliphatic heterocycles. The van der Waals surface area contributed by atoms with Crippen molar-refractivity contribution in [3.05, 3.63) is 12.1 Å². The zero-order chi connectivity index (χ0) is 14.6. The van der Waals surface area contributed by atoms with E-state index < -0.39 is 11.5 Å². The molecule has 0 spiro atoms. The fraction of sp³-hybridized carbons (Fsp3) is 0.462. The summed E-state index contributed by atoms with van der Waals surface area (Å²) in [5, 5.41) is 12.0. The number of methoxy groups -OCH3 is 3. The van der Waals surface area contributed by atoms with Gasteiger partial charge in [0.1, 0.15) is 5.54 Å². The van der Waals surface area contributed by atoms with Crippen molar-refractivity contribution in [1.29, 1.82) is 0 Å². The van der Waals surface area contributed by atoms with Crippen molar-refractivity contribution in [3.63, 3.8) is 0 Å². The molecule has 1 rings (SSSR count). The van der Waals surface area contributed by atoms with Crippen molar-refractivity contribution in [1.82, 2.24) is 0 Å². The van der Waals surface area contributed by atoms with Gasteiger partial charge >= 0.3 is 5.97 Å². The Labute approximate surface area is 112 Å². The van der Waals surface area contributed by atoms with Crippen LogP contribution in [0.4, 0.5) is 5.69 Å². The predicted octanol–water partition coefficient (Wildman–Crippen LogP) is 1.99. The summed E-state index contributed by atoms with van der Waals surface area (Å²) in [6.45, 7) is 3.14. The maximum atomic E-state index is 11.1. The summed E-state index contributed by atoms with van der Waals surface area (Å²) >= 11 is 0. The molecule has 2 N–H and O–H groups in total. The Morgan fingerprint density at radius 2 is 1.58 bits per heavy atom. The molecule has 0 aromatic heterocycles. The quantitative estimate of drug-likeness (QED) is 0.822. The Bertz CT molecular complexity index is 445. The minimum atomic E-state index is -1.11. The lowest BCUT2D eigenvalue weighted by molar-refractivity contribution is -0.141. The van der Waals surface area contributed by atoms with Gasteiger partial charge in [0.15, 0.2) is 11.5 Å². The first kappa shape index (κ1) is 14.9. The Morgan fingerprint density at radius 1 is 1.11 bits per heavy atom. The van der Waals surface area contributed by atoms with Crippen molar-refractivity contribution >= 4 is 11.7 Å². The van der Waals surface area contributed by atoms with Crippen molar-refractivity contribution in [2.45, 2.75) is 19.4 Å². The van der Waals surface area contributed by atoms with Gasteiger partial charge in [0, 0.05) is 17.8 Å². The molecular formula is C13H19NO5. The summed E-state index contributed by atoms with van der Waals surface area (Å²) in [7, 11) is 4.52. The second kappa shape index (κ2) is 5.69. The van der Waals surface area contributed by atoms with Crippen LogP contribution in [0.2, 0.25) is 0 Å². The molecule has 0 aliphatic rings. The van der Waals surface area contributed by atoms with E-state index in [0.29, 0.717) is 22.9 Å². The van der Waals surface area contributed by atoms with E-state index in [1.54, 1.807) is 26.0 Å². The van der Waals surface area contributed by atoms with Crippen molar-refractivity contribution < 1.29 is 24.1 Å². The number of hydrogen-bond donors (Lipinski definition) is 2. The first-order valence-corrected chi connectivity index (χ1v) is 5.67. The lowest BCUT2D eigenvalue weighted by Gasteiger charge is -2.23. The van der Waals surface area contributed by atoms with E-state index >= 15 is 0 Å². The number of carboxylic acids is 1. The third kappa shape index (κ3) is 3.21.